The molecule has 1 aromatic rings. The summed E-state index contributed by atoms with van der Waals surface area (Å²) in [5, 5.41) is 0.234. The van der Waals surface area contributed by atoms with Crippen molar-refractivity contribution in [1.82, 2.24) is 4.72 Å². The van der Waals surface area contributed by atoms with Crippen LogP contribution in [0.25, 0.3) is 0 Å². The minimum Gasteiger partial charge on any atom is -0.396 e. The molecule has 1 aliphatic rings. The van der Waals surface area contributed by atoms with Gasteiger partial charge in [0.2, 0.25) is 10.0 Å². The molecule has 1 saturated carbocycles. The van der Waals surface area contributed by atoms with Crippen LogP contribution in [-0.2, 0) is 10.0 Å². The Kier molecular flexibility index (Phi) is 4.51. The van der Waals surface area contributed by atoms with Gasteiger partial charge in [-0.05, 0) is 25.0 Å². The third-order valence-electron chi connectivity index (χ3n) is 3.67. The van der Waals surface area contributed by atoms with Crippen LogP contribution in [0.2, 0.25) is 10.0 Å². The van der Waals surface area contributed by atoms with Crippen LogP contribution in [0.5, 0.6) is 0 Å². The normalized spacial score (nSPS) is 18.4. The summed E-state index contributed by atoms with van der Waals surface area (Å²) in [7, 11) is -3.73. The molecule has 112 valence electrons. The number of hydrogen-bond acceptors (Lipinski definition) is 4. The summed E-state index contributed by atoms with van der Waals surface area (Å²) in [6.07, 6.45) is 3.39. The number of sulfonamides is 1. The van der Waals surface area contributed by atoms with Crippen LogP contribution >= 0.6 is 23.2 Å². The number of benzene rings is 1. The fraction of sp³-hybridized carbons (Fsp3) is 0.500. The topological polar surface area (TPSA) is 98.2 Å². The summed E-state index contributed by atoms with van der Waals surface area (Å²) in [6, 6.07) is 2.59. The molecule has 5 nitrogen and oxygen atoms in total. The van der Waals surface area contributed by atoms with Crippen molar-refractivity contribution in [3.05, 3.63) is 22.2 Å². The molecule has 8 heteroatoms. The molecular formula is C12H17Cl2N3O2S. The van der Waals surface area contributed by atoms with Gasteiger partial charge >= 0.3 is 0 Å². The van der Waals surface area contributed by atoms with E-state index in [1.165, 1.54) is 12.1 Å². The highest BCUT2D eigenvalue weighted by Gasteiger charge is 2.37. The molecule has 20 heavy (non-hydrogen) atoms. The first-order chi connectivity index (χ1) is 9.30. The van der Waals surface area contributed by atoms with E-state index in [2.05, 4.69) is 4.72 Å². The summed E-state index contributed by atoms with van der Waals surface area (Å²) in [6.45, 7) is 0.267. The summed E-state index contributed by atoms with van der Waals surface area (Å²) in [5.74, 6) is 0. The average Bonchev–Trinajstić information content (AvgIpc) is 2.83. The van der Waals surface area contributed by atoms with Crippen molar-refractivity contribution < 1.29 is 8.42 Å². The van der Waals surface area contributed by atoms with Crippen LogP contribution in [0.15, 0.2) is 17.0 Å². The molecule has 1 aromatic carbocycles. The second kappa shape index (κ2) is 5.69. The average molecular weight is 338 g/mol. The second-order valence-corrected chi connectivity index (χ2v) is 7.59. The van der Waals surface area contributed by atoms with Gasteiger partial charge in [0.25, 0.3) is 0 Å². The van der Waals surface area contributed by atoms with E-state index in [1.54, 1.807) is 0 Å². The molecule has 5 N–H and O–H groups in total. The molecule has 2 rings (SSSR count). The molecule has 0 aliphatic heterocycles. The van der Waals surface area contributed by atoms with E-state index in [4.69, 9.17) is 34.7 Å². The van der Waals surface area contributed by atoms with E-state index in [9.17, 15) is 8.42 Å². The van der Waals surface area contributed by atoms with Crippen LogP contribution in [0.3, 0.4) is 0 Å². The monoisotopic (exact) mass is 337 g/mol. The van der Waals surface area contributed by atoms with Gasteiger partial charge in [-0.3, -0.25) is 0 Å². The third-order valence-corrected chi connectivity index (χ3v) is 5.85. The molecular weight excluding hydrogens is 321 g/mol. The van der Waals surface area contributed by atoms with E-state index in [-0.39, 0.29) is 27.2 Å². The molecule has 0 saturated heterocycles. The quantitative estimate of drug-likeness (QED) is 0.733. The minimum absolute atomic E-state index is 0.00132. The summed E-state index contributed by atoms with van der Waals surface area (Å²) in [4.78, 5) is 0.00132. The van der Waals surface area contributed by atoms with Crippen molar-refractivity contribution in [1.29, 1.82) is 0 Å². The lowest BCUT2D eigenvalue weighted by Gasteiger charge is -2.28. The third kappa shape index (κ3) is 3.04. The Morgan fingerprint density at radius 3 is 2.15 bits per heavy atom. The Morgan fingerprint density at radius 1 is 1.20 bits per heavy atom. The fourth-order valence-electron chi connectivity index (χ4n) is 2.46. The van der Waals surface area contributed by atoms with Gasteiger partial charge in [0.05, 0.1) is 20.6 Å². The SMILES string of the molecule is NCC1(NS(=O)(=O)c2cc(Cl)c(N)c(Cl)c2)CCCC1. The Labute approximate surface area is 128 Å². The maximum absolute atomic E-state index is 12.4. The summed E-state index contributed by atoms with van der Waals surface area (Å²) in [5.41, 5.74) is 10.9. The van der Waals surface area contributed by atoms with Crippen LogP contribution < -0.4 is 16.2 Å². The molecule has 0 unspecified atom stereocenters. The van der Waals surface area contributed by atoms with Gasteiger partial charge in [0.1, 0.15) is 0 Å². The molecule has 0 spiro atoms. The second-order valence-electron chi connectivity index (χ2n) is 5.10. The van der Waals surface area contributed by atoms with Crippen LogP contribution in [0.4, 0.5) is 5.69 Å². The number of halogens is 2. The van der Waals surface area contributed by atoms with Gasteiger partial charge in [-0.2, -0.15) is 0 Å². The van der Waals surface area contributed by atoms with Gasteiger partial charge in [-0.1, -0.05) is 36.0 Å². The lowest BCUT2D eigenvalue weighted by Crippen LogP contribution is -2.51. The molecule has 0 atom stereocenters. The number of anilines is 1. The molecule has 0 radical (unpaired) electrons. The predicted molar refractivity (Wildman–Crippen MR) is 81.4 cm³/mol. The Hall–Kier alpha value is -0.530. The number of nitrogens with one attached hydrogen (secondary N) is 1. The van der Waals surface area contributed by atoms with Crippen LogP contribution in [-0.4, -0.2) is 20.5 Å². The highest BCUT2D eigenvalue weighted by molar-refractivity contribution is 7.89. The highest BCUT2D eigenvalue weighted by atomic mass is 35.5. The molecule has 0 aromatic heterocycles. The van der Waals surface area contributed by atoms with E-state index in [1.807, 2.05) is 0 Å². The minimum atomic E-state index is -3.73. The van der Waals surface area contributed by atoms with Crippen molar-refractivity contribution in [3.8, 4) is 0 Å². The van der Waals surface area contributed by atoms with Crippen LogP contribution in [0.1, 0.15) is 25.7 Å². The van der Waals surface area contributed by atoms with E-state index in [0.717, 1.165) is 25.7 Å². The lowest BCUT2D eigenvalue weighted by atomic mass is 10.0. The van der Waals surface area contributed by atoms with Crippen molar-refractivity contribution >= 4 is 38.9 Å². The molecule has 0 bridgehead atoms. The Bertz CT molecular complexity index is 590. The zero-order chi connectivity index (χ0) is 15.0. The fourth-order valence-corrected chi connectivity index (χ4v) is 4.60. The maximum atomic E-state index is 12.4. The number of hydrogen-bond donors (Lipinski definition) is 3. The predicted octanol–water partition coefficient (Wildman–Crippen LogP) is 2.13. The van der Waals surface area contributed by atoms with Crippen molar-refractivity contribution in [3.63, 3.8) is 0 Å². The number of nitrogen functional groups attached to an aromatic ring is 1. The maximum Gasteiger partial charge on any atom is 0.241 e. The zero-order valence-corrected chi connectivity index (χ0v) is 13.2. The van der Waals surface area contributed by atoms with Gasteiger partial charge in [-0.25, -0.2) is 13.1 Å². The van der Waals surface area contributed by atoms with Crippen molar-refractivity contribution in [2.75, 3.05) is 12.3 Å². The van der Waals surface area contributed by atoms with Gasteiger partial charge in [-0.15, -0.1) is 0 Å². The van der Waals surface area contributed by atoms with Crippen molar-refractivity contribution in [2.45, 2.75) is 36.1 Å². The van der Waals surface area contributed by atoms with Gasteiger partial charge < -0.3 is 11.5 Å². The van der Waals surface area contributed by atoms with E-state index in [0.29, 0.717) is 0 Å². The standard InChI is InChI=1S/C12H17Cl2N3O2S/c13-9-5-8(6-10(14)11(9)16)20(18,19)17-12(7-15)3-1-2-4-12/h5-6,17H,1-4,7,15-16H2. The first kappa shape index (κ1) is 15.9. The number of nitrogens with two attached hydrogens (primary N) is 2. The van der Waals surface area contributed by atoms with Crippen molar-refractivity contribution in [2.24, 2.45) is 5.73 Å². The van der Waals surface area contributed by atoms with Gasteiger partial charge in [0, 0.05) is 12.1 Å². The highest BCUT2D eigenvalue weighted by Crippen LogP contribution is 2.33. The number of rotatable bonds is 4. The summed E-state index contributed by atoms with van der Waals surface area (Å²) >= 11 is 11.8. The molecule has 1 aliphatic carbocycles. The van der Waals surface area contributed by atoms with Gasteiger partial charge in [0.15, 0.2) is 0 Å². The van der Waals surface area contributed by atoms with E-state index >= 15 is 0 Å². The first-order valence-corrected chi connectivity index (χ1v) is 8.52. The Morgan fingerprint density at radius 2 is 1.70 bits per heavy atom. The lowest BCUT2D eigenvalue weighted by molar-refractivity contribution is 0.399. The molecule has 1 fully saturated rings. The zero-order valence-electron chi connectivity index (χ0n) is 10.8. The first-order valence-electron chi connectivity index (χ1n) is 6.28. The Balaban J connectivity index is 2.36. The van der Waals surface area contributed by atoms with Crippen LogP contribution in [0, 0.1) is 0 Å². The molecule has 0 amide bonds. The largest absolute Gasteiger partial charge is 0.396 e. The summed E-state index contributed by atoms with van der Waals surface area (Å²) < 4.78 is 27.6. The van der Waals surface area contributed by atoms with E-state index < -0.39 is 15.6 Å². The molecule has 0 heterocycles. The smallest absolute Gasteiger partial charge is 0.241 e.